The van der Waals surface area contributed by atoms with E-state index in [1.165, 1.54) is 26.5 Å². The maximum absolute atomic E-state index is 11.5. The summed E-state index contributed by atoms with van der Waals surface area (Å²) in [6, 6.07) is 1.87. The highest BCUT2D eigenvalue weighted by atomic mass is 32.2. The number of nitrogens with zero attached hydrogens (tertiary/aromatic N) is 4. The number of rotatable bonds is 5. The minimum absolute atomic E-state index is 0.0680. The Labute approximate surface area is 100 Å². The summed E-state index contributed by atoms with van der Waals surface area (Å²) < 4.78 is 24.1. The Morgan fingerprint density at radius 2 is 2.06 bits per heavy atom. The molecule has 0 atom stereocenters. The molecule has 92 valence electrons. The highest BCUT2D eigenvalue weighted by Gasteiger charge is 2.13. The molecule has 0 aliphatic heterocycles. The fourth-order valence-electron chi connectivity index (χ4n) is 1.03. The first-order valence-corrected chi connectivity index (χ1v) is 6.43. The Balaban J connectivity index is 2.61. The van der Waals surface area contributed by atoms with E-state index >= 15 is 0 Å². The third kappa shape index (κ3) is 3.65. The normalized spacial score (nSPS) is 11.2. The van der Waals surface area contributed by atoms with Gasteiger partial charge in [0.15, 0.2) is 11.5 Å². The monoisotopic (exact) mass is 255 g/mol. The van der Waals surface area contributed by atoms with Gasteiger partial charge < -0.3 is 5.32 Å². The molecule has 0 saturated heterocycles. The van der Waals surface area contributed by atoms with E-state index in [9.17, 15) is 8.42 Å². The molecular formula is C9H13N5O2S. The van der Waals surface area contributed by atoms with E-state index in [2.05, 4.69) is 15.3 Å². The first kappa shape index (κ1) is 13.3. The predicted octanol–water partition coefficient (Wildman–Crippen LogP) is -0.348. The lowest BCUT2D eigenvalue weighted by Gasteiger charge is -2.11. The summed E-state index contributed by atoms with van der Waals surface area (Å²) in [4.78, 5) is 7.71. The second-order valence-corrected chi connectivity index (χ2v) is 5.69. The molecule has 1 heterocycles. The van der Waals surface area contributed by atoms with Crippen LogP contribution in [0.1, 0.15) is 5.69 Å². The van der Waals surface area contributed by atoms with Gasteiger partial charge in [-0.3, -0.25) is 0 Å². The number of sulfonamides is 1. The Morgan fingerprint density at radius 1 is 1.41 bits per heavy atom. The molecule has 7 nitrogen and oxygen atoms in total. The molecule has 0 aliphatic carbocycles. The third-order valence-electron chi connectivity index (χ3n) is 2.01. The van der Waals surface area contributed by atoms with Crippen molar-refractivity contribution in [3.05, 3.63) is 18.1 Å². The molecular weight excluding hydrogens is 242 g/mol. The molecule has 1 aromatic heterocycles. The van der Waals surface area contributed by atoms with Crippen molar-refractivity contribution in [3.8, 4) is 6.07 Å². The van der Waals surface area contributed by atoms with E-state index < -0.39 is 10.0 Å². The Bertz CT molecular complexity index is 520. The van der Waals surface area contributed by atoms with Crippen molar-refractivity contribution in [1.29, 1.82) is 5.26 Å². The van der Waals surface area contributed by atoms with Crippen LogP contribution in [0.4, 0.5) is 5.82 Å². The van der Waals surface area contributed by atoms with Gasteiger partial charge in [0.2, 0.25) is 10.0 Å². The van der Waals surface area contributed by atoms with Gasteiger partial charge >= 0.3 is 0 Å². The summed E-state index contributed by atoms with van der Waals surface area (Å²) in [7, 11) is -0.307. The topological polar surface area (TPSA) is 99.0 Å². The second-order valence-electron chi connectivity index (χ2n) is 3.39. The van der Waals surface area contributed by atoms with Gasteiger partial charge in [-0.25, -0.2) is 22.7 Å². The summed E-state index contributed by atoms with van der Waals surface area (Å²) in [5.41, 5.74) is 0.148. The van der Waals surface area contributed by atoms with Gasteiger partial charge in [0.25, 0.3) is 0 Å². The van der Waals surface area contributed by atoms with Crippen LogP contribution in [0.15, 0.2) is 12.4 Å². The minimum atomic E-state index is -3.25. The molecule has 0 amide bonds. The van der Waals surface area contributed by atoms with E-state index in [-0.39, 0.29) is 18.0 Å². The molecule has 1 rings (SSSR count). The van der Waals surface area contributed by atoms with Gasteiger partial charge in [-0.2, -0.15) is 5.26 Å². The summed E-state index contributed by atoms with van der Waals surface area (Å²) >= 11 is 0. The number of anilines is 1. The number of nitriles is 1. The molecule has 17 heavy (non-hydrogen) atoms. The molecule has 0 spiro atoms. The van der Waals surface area contributed by atoms with E-state index in [0.29, 0.717) is 5.82 Å². The molecule has 0 saturated carbocycles. The molecule has 0 bridgehead atoms. The first-order valence-electron chi connectivity index (χ1n) is 4.82. The van der Waals surface area contributed by atoms with Crippen molar-refractivity contribution >= 4 is 15.8 Å². The largest absolute Gasteiger partial charge is 0.367 e. The molecule has 1 N–H and O–H groups in total. The molecule has 0 aliphatic rings. The van der Waals surface area contributed by atoms with E-state index in [1.807, 2.05) is 6.07 Å². The van der Waals surface area contributed by atoms with Crippen molar-refractivity contribution in [2.75, 3.05) is 31.7 Å². The van der Waals surface area contributed by atoms with Gasteiger partial charge in [-0.15, -0.1) is 0 Å². The summed E-state index contributed by atoms with van der Waals surface area (Å²) in [6.45, 7) is 0.174. The van der Waals surface area contributed by atoms with Crippen LogP contribution in [-0.2, 0) is 10.0 Å². The highest BCUT2D eigenvalue weighted by molar-refractivity contribution is 7.89. The van der Waals surface area contributed by atoms with Gasteiger partial charge in [-0.1, -0.05) is 0 Å². The Hall–Kier alpha value is -1.72. The molecule has 1 aromatic rings. The number of aromatic nitrogens is 2. The standard InChI is InChI=1S/C9H13N5O2S/c1-14(2)17(15,16)6-5-13-9-8(7-10)11-3-4-12-9/h3-4H,5-6H2,1-2H3,(H,12,13). The molecule has 0 aromatic carbocycles. The molecule has 0 unspecified atom stereocenters. The smallest absolute Gasteiger partial charge is 0.215 e. The van der Waals surface area contributed by atoms with Crippen molar-refractivity contribution in [1.82, 2.24) is 14.3 Å². The van der Waals surface area contributed by atoms with Gasteiger partial charge in [0, 0.05) is 33.0 Å². The summed E-state index contributed by atoms with van der Waals surface area (Å²) in [6.07, 6.45) is 2.84. The average molecular weight is 255 g/mol. The maximum Gasteiger partial charge on any atom is 0.215 e. The van der Waals surface area contributed by atoms with Crippen LogP contribution in [0, 0.1) is 11.3 Å². The van der Waals surface area contributed by atoms with Crippen molar-refractivity contribution < 1.29 is 8.42 Å². The zero-order valence-corrected chi connectivity index (χ0v) is 10.4. The summed E-state index contributed by atoms with van der Waals surface area (Å²) in [5.74, 6) is 0.227. The van der Waals surface area contributed by atoms with Crippen LogP contribution >= 0.6 is 0 Å². The van der Waals surface area contributed by atoms with Gasteiger partial charge in [-0.05, 0) is 0 Å². The van der Waals surface area contributed by atoms with Crippen molar-refractivity contribution in [3.63, 3.8) is 0 Å². The van der Waals surface area contributed by atoms with Crippen LogP contribution in [0.3, 0.4) is 0 Å². The lowest BCUT2D eigenvalue weighted by atomic mass is 10.4. The maximum atomic E-state index is 11.5. The van der Waals surface area contributed by atoms with Crippen LogP contribution in [0.2, 0.25) is 0 Å². The summed E-state index contributed by atoms with van der Waals surface area (Å²) in [5, 5.41) is 11.5. The molecule has 0 radical (unpaired) electrons. The van der Waals surface area contributed by atoms with Crippen molar-refractivity contribution in [2.45, 2.75) is 0 Å². The van der Waals surface area contributed by atoms with Gasteiger partial charge in [0.1, 0.15) is 6.07 Å². The number of nitrogens with one attached hydrogen (secondary N) is 1. The lowest BCUT2D eigenvalue weighted by molar-refractivity contribution is 0.521. The van der Waals surface area contributed by atoms with Crippen molar-refractivity contribution in [2.24, 2.45) is 0 Å². The SMILES string of the molecule is CN(C)S(=O)(=O)CCNc1nccnc1C#N. The van der Waals surface area contributed by atoms with Gasteiger partial charge in [0.05, 0.1) is 5.75 Å². The predicted molar refractivity (Wildman–Crippen MR) is 62.7 cm³/mol. The fraction of sp³-hybridized carbons (Fsp3) is 0.444. The van der Waals surface area contributed by atoms with Crippen LogP contribution in [0.5, 0.6) is 0 Å². The average Bonchev–Trinajstić information content (AvgIpc) is 2.29. The van der Waals surface area contributed by atoms with Crippen LogP contribution < -0.4 is 5.32 Å². The minimum Gasteiger partial charge on any atom is -0.367 e. The lowest BCUT2D eigenvalue weighted by Crippen LogP contribution is -2.28. The van der Waals surface area contributed by atoms with E-state index in [4.69, 9.17) is 5.26 Å². The second kappa shape index (κ2) is 5.56. The zero-order valence-electron chi connectivity index (χ0n) is 9.58. The van der Waals surface area contributed by atoms with E-state index in [1.54, 1.807) is 0 Å². The molecule has 0 fully saturated rings. The van der Waals surface area contributed by atoms with Crippen LogP contribution in [0.25, 0.3) is 0 Å². The third-order valence-corrected chi connectivity index (χ3v) is 3.85. The van der Waals surface area contributed by atoms with Crippen LogP contribution in [-0.4, -0.2) is 49.1 Å². The fourth-order valence-corrected chi connectivity index (χ4v) is 1.76. The quantitative estimate of drug-likeness (QED) is 0.772. The van der Waals surface area contributed by atoms with E-state index in [0.717, 1.165) is 4.31 Å². The number of hydrogen-bond donors (Lipinski definition) is 1. The first-order chi connectivity index (χ1) is 7.97. The Morgan fingerprint density at radius 3 is 2.65 bits per heavy atom. The number of hydrogen-bond acceptors (Lipinski definition) is 6. The highest BCUT2D eigenvalue weighted by Crippen LogP contribution is 2.06. The Kier molecular flexibility index (Phi) is 4.37. The zero-order chi connectivity index (χ0) is 12.9. The molecule has 8 heteroatoms.